The molecule has 0 bridgehead atoms. The van der Waals surface area contributed by atoms with E-state index in [4.69, 9.17) is 5.11 Å². The SMILES string of the molecule is C[C@@H](O)[C@H](NC(=O)N1CCSCC1)C(=O)O. The zero-order valence-corrected chi connectivity index (χ0v) is 9.87. The number of aliphatic hydroxyl groups is 1. The van der Waals surface area contributed by atoms with Crippen LogP contribution < -0.4 is 5.32 Å². The molecular weight excluding hydrogens is 232 g/mol. The number of thioether (sulfide) groups is 1. The molecule has 1 saturated heterocycles. The summed E-state index contributed by atoms with van der Waals surface area (Å²) in [7, 11) is 0. The molecule has 0 unspecified atom stereocenters. The van der Waals surface area contributed by atoms with Gasteiger partial charge in [-0.05, 0) is 6.92 Å². The zero-order valence-electron chi connectivity index (χ0n) is 9.05. The van der Waals surface area contributed by atoms with Gasteiger partial charge in [-0.2, -0.15) is 11.8 Å². The van der Waals surface area contributed by atoms with Gasteiger partial charge >= 0.3 is 12.0 Å². The molecule has 0 saturated carbocycles. The van der Waals surface area contributed by atoms with Crippen LogP contribution in [0.4, 0.5) is 4.79 Å². The molecule has 6 nitrogen and oxygen atoms in total. The Morgan fingerprint density at radius 1 is 1.38 bits per heavy atom. The Hall–Kier alpha value is -0.950. The smallest absolute Gasteiger partial charge is 0.328 e. The van der Waals surface area contributed by atoms with Crippen LogP contribution in [0.3, 0.4) is 0 Å². The number of aliphatic hydroxyl groups excluding tert-OH is 1. The van der Waals surface area contributed by atoms with E-state index in [1.165, 1.54) is 6.92 Å². The van der Waals surface area contributed by atoms with Crippen LogP contribution in [-0.2, 0) is 4.79 Å². The lowest BCUT2D eigenvalue weighted by molar-refractivity contribution is -0.141. The Kier molecular flexibility index (Phi) is 4.88. The first-order valence-electron chi connectivity index (χ1n) is 5.06. The molecule has 0 spiro atoms. The number of carbonyl (C=O) groups excluding carboxylic acids is 1. The molecule has 1 aliphatic heterocycles. The molecule has 16 heavy (non-hydrogen) atoms. The minimum atomic E-state index is -1.25. The maximum atomic E-state index is 11.6. The summed E-state index contributed by atoms with van der Waals surface area (Å²) in [5.74, 6) is 0.495. The van der Waals surface area contributed by atoms with Gasteiger partial charge in [0.05, 0.1) is 6.10 Å². The molecule has 0 aromatic rings. The predicted molar refractivity (Wildman–Crippen MR) is 60.5 cm³/mol. The molecule has 2 amide bonds. The van der Waals surface area contributed by atoms with Crippen molar-refractivity contribution in [3.05, 3.63) is 0 Å². The number of nitrogens with zero attached hydrogens (tertiary/aromatic N) is 1. The molecule has 1 aliphatic rings. The first kappa shape index (κ1) is 13.1. The summed E-state index contributed by atoms with van der Waals surface area (Å²) in [5.41, 5.74) is 0. The van der Waals surface area contributed by atoms with Gasteiger partial charge in [0.1, 0.15) is 0 Å². The Morgan fingerprint density at radius 2 is 1.94 bits per heavy atom. The van der Waals surface area contributed by atoms with E-state index in [1.54, 1.807) is 16.7 Å². The summed E-state index contributed by atoms with van der Waals surface area (Å²) in [5, 5.41) is 20.3. The third-order valence-corrected chi connectivity index (χ3v) is 3.27. The summed E-state index contributed by atoms with van der Waals surface area (Å²) >= 11 is 1.76. The molecule has 0 aromatic heterocycles. The molecule has 92 valence electrons. The highest BCUT2D eigenvalue weighted by atomic mass is 32.2. The molecule has 0 aliphatic carbocycles. The maximum Gasteiger partial charge on any atom is 0.328 e. The number of aliphatic carboxylic acids is 1. The van der Waals surface area contributed by atoms with E-state index in [0.717, 1.165) is 11.5 Å². The van der Waals surface area contributed by atoms with Crippen molar-refractivity contribution in [1.82, 2.24) is 10.2 Å². The third-order valence-electron chi connectivity index (χ3n) is 2.33. The summed E-state index contributed by atoms with van der Waals surface area (Å²) in [6.07, 6.45) is -1.11. The Labute approximate surface area is 98.0 Å². The molecule has 7 heteroatoms. The number of rotatable bonds is 3. The van der Waals surface area contributed by atoms with Gasteiger partial charge in [-0.3, -0.25) is 0 Å². The minimum absolute atomic E-state index is 0.423. The van der Waals surface area contributed by atoms with Gasteiger partial charge in [-0.25, -0.2) is 9.59 Å². The van der Waals surface area contributed by atoms with E-state index in [2.05, 4.69) is 5.32 Å². The number of hydrogen-bond acceptors (Lipinski definition) is 4. The van der Waals surface area contributed by atoms with Crippen molar-refractivity contribution < 1.29 is 19.8 Å². The molecule has 2 atom stereocenters. The monoisotopic (exact) mass is 248 g/mol. The fourth-order valence-electron chi connectivity index (χ4n) is 1.38. The zero-order chi connectivity index (χ0) is 12.1. The van der Waals surface area contributed by atoms with Crippen molar-refractivity contribution in [3.8, 4) is 0 Å². The van der Waals surface area contributed by atoms with Gasteiger partial charge in [-0.1, -0.05) is 0 Å². The third kappa shape index (κ3) is 3.57. The van der Waals surface area contributed by atoms with E-state index in [0.29, 0.717) is 13.1 Å². The first-order chi connectivity index (χ1) is 7.52. The molecular formula is C9H16N2O4S. The average Bonchev–Trinajstić information content (AvgIpc) is 2.25. The normalized spacial score (nSPS) is 20.0. The maximum absolute atomic E-state index is 11.6. The molecule has 0 aromatic carbocycles. The van der Waals surface area contributed by atoms with E-state index in [9.17, 15) is 14.7 Å². The largest absolute Gasteiger partial charge is 0.480 e. The summed E-state index contributed by atoms with van der Waals surface area (Å²) in [4.78, 5) is 24.0. The Balaban J connectivity index is 2.50. The van der Waals surface area contributed by atoms with Crippen LogP contribution in [0.1, 0.15) is 6.92 Å². The molecule has 1 heterocycles. The highest BCUT2D eigenvalue weighted by molar-refractivity contribution is 7.99. The lowest BCUT2D eigenvalue weighted by Crippen LogP contribution is -2.53. The second kappa shape index (κ2) is 5.95. The number of nitrogens with one attached hydrogen (secondary N) is 1. The van der Waals surface area contributed by atoms with E-state index in [1.807, 2.05) is 0 Å². The average molecular weight is 248 g/mol. The van der Waals surface area contributed by atoms with Crippen molar-refractivity contribution in [2.24, 2.45) is 0 Å². The number of hydrogen-bond donors (Lipinski definition) is 3. The van der Waals surface area contributed by atoms with E-state index in [-0.39, 0.29) is 0 Å². The van der Waals surface area contributed by atoms with Crippen molar-refractivity contribution in [2.75, 3.05) is 24.6 Å². The lowest BCUT2D eigenvalue weighted by Gasteiger charge is -2.28. The number of urea groups is 1. The highest BCUT2D eigenvalue weighted by Gasteiger charge is 2.27. The van der Waals surface area contributed by atoms with Gasteiger partial charge in [0.15, 0.2) is 6.04 Å². The standard InChI is InChI=1S/C9H16N2O4S/c1-6(12)7(8(13)14)10-9(15)11-2-4-16-5-3-11/h6-7,12H,2-5H2,1H3,(H,10,15)(H,13,14)/t6-,7+/m1/s1. The number of carbonyl (C=O) groups is 2. The lowest BCUT2D eigenvalue weighted by atomic mass is 10.2. The molecule has 3 N–H and O–H groups in total. The quantitative estimate of drug-likeness (QED) is 0.631. The summed E-state index contributed by atoms with van der Waals surface area (Å²) < 4.78 is 0. The first-order valence-corrected chi connectivity index (χ1v) is 6.22. The Bertz CT molecular complexity index is 266. The molecule has 1 fully saturated rings. The van der Waals surface area contributed by atoms with Crippen LogP contribution in [0.15, 0.2) is 0 Å². The number of carboxylic acids is 1. The second-order valence-corrected chi connectivity index (χ2v) is 4.83. The molecule has 1 rings (SSSR count). The Morgan fingerprint density at radius 3 is 2.38 bits per heavy atom. The van der Waals surface area contributed by atoms with Gasteiger partial charge in [0.2, 0.25) is 0 Å². The van der Waals surface area contributed by atoms with Gasteiger partial charge in [-0.15, -0.1) is 0 Å². The number of carboxylic acid groups (broad SMARTS) is 1. The fourth-order valence-corrected chi connectivity index (χ4v) is 2.28. The topological polar surface area (TPSA) is 89.9 Å². The fraction of sp³-hybridized carbons (Fsp3) is 0.778. The van der Waals surface area contributed by atoms with Gasteiger partial charge in [0.25, 0.3) is 0 Å². The van der Waals surface area contributed by atoms with Crippen molar-refractivity contribution in [3.63, 3.8) is 0 Å². The van der Waals surface area contributed by atoms with Gasteiger partial charge < -0.3 is 20.4 Å². The van der Waals surface area contributed by atoms with Crippen LogP contribution >= 0.6 is 11.8 Å². The minimum Gasteiger partial charge on any atom is -0.480 e. The summed E-state index contributed by atoms with van der Waals surface area (Å²) in [6.45, 7) is 2.57. The second-order valence-electron chi connectivity index (χ2n) is 3.61. The van der Waals surface area contributed by atoms with Crippen LogP contribution in [0.5, 0.6) is 0 Å². The predicted octanol–water partition coefficient (Wildman–Crippen LogP) is -0.421. The van der Waals surface area contributed by atoms with Crippen molar-refractivity contribution in [1.29, 1.82) is 0 Å². The van der Waals surface area contributed by atoms with Crippen LogP contribution in [0.2, 0.25) is 0 Å². The van der Waals surface area contributed by atoms with Crippen molar-refractivity contribution in [2.45, 2.75) is 19.1 Å². The van der Waals surface area contributed by atoms with E-state index >= 15 is 0 Å². The number of amides is 2. The van der Waals surface area contributed by atoms with Crippen LogP contribution in [0.25, 0.3) is 0 Å². The van der Waals surface area contributed by atoms with Gasteiger partial charge in [0, 0.05) is 24.6 Å². The van der Waals surface area contributed by atoms with Crippen molar-refractivity contribution >= 4 is 23.8 Å². The van der Waals surface area contributed by atoms with E-state index < -0.39 is 24.1 Å². The van der Waals surface area contributed by atoms with Crippen LogP contribution in [-0.4, -0.2) is 63.9 Å². The molecule has 0 radical (unpaired) electrons. The summed E-state index contributed by atoms with van der Waals surface area (Å²) in [6, 6.07) is -1.67. The van der Waals surface area contributed by atoms with Crippen LogP contribution in [0, 0.1) is 0 Å². The highest BCUT2D eigenvalue weighted by Crippen LogP contribution is 2.09.